The SMILES string of the molecule is Cc1ccc(-n2c3ccc(C(C)(C)CC(C)(C)C)cc3c3cc4c(cc32)c2cc(C(C)(C)CC(C)(C)C)ccc2n4-c2ccc(C)cc2)cc1.Cc1cccc(-n2c3ccccc3c3ccc4c(c5ccccc5n4-c4ccc(C)cc4C(C)(C)CC(C)(C)C)c32)c1.Cc1cccc(-n2c3ccccc3c3ccc4c(c5ccccc5n4-c4cccc(-c5cc(C)cc(C(C)(C)CC(C)(C)C)c5)c4)c32)c1. The summed E-state index contributed by atoms with van der Waals surface area (Å²) >= 11 is 0. The molecule has 0 radical (unpaired) electrons. The lowest BCUT2D eigenvalue weighted by molar-refractivity contribution is 0.283. The molecule has 0 saturated carbocycles. The third-order valence-corrected chi connectivity index (χ3v) is 29.6. The molecule has 0 aliphatic rings. The van der Waals surface area contributed by atoms with Gasteiger partial charge in [-0.1, -0.05) is 349 Å². The van der Waals surface area contributed by atoms with Crippen molar-refractivity contribution < 1.29 is 0 Å². The fourth-order valence-corrected chi connectivity index (χ4v) is 25.2. The highest BCUT2D eigenvalue weighted by Crippen LogP contribution is 2.51. The van der Waals surface area contributed by atoms with Crippen LogP contribution in [-0.4, -0.2) is 27.4 Å². The van der Waals surface area contributed by atoms with Crippen LogP contribution in [0.1, 0.15) is 220 Å². The first-order chi connectivity index (χ1) is 66.3. The summed E-state index contributed by atoms with van der Waals surface area (Å²) in [6, 6.07) is 123. The molecule has 22 rings (SSSR count). The Morgan fingerprint density at radius 1 is 0.179 bits per heavy atom. The van der Waals surface area contributed by atoms with Crippen LogP contribution in [0.4, 0.5) is 0 Å². The summed E-state index contributed by atoms with van der Waals surface area (Å²) in [5.74, 6) is 0. The molecule has 6 aromatic heterocycles. The van der Waals surface area contributed by atoms with Crippen molar-refractivity contribution in [3.05, 3.63) is 383 Å². The summed E-state index contributed by atoms with van der Waals surface area (Å²) in [6.45, 7) is 60.6. The molecule has 0 unspecified atom stereocenters. The van der Waals surface area contributed by atoms with Gasteiger partial charge in [0.05, 0.1) is 66.2 Å². The summed E-state index contributed by atoms with van der Waals surface area (Å²) in [5, 5.41) is 15.5. The predicted molar refractivity (Wildman–Crippen MR) is 608 cm³/mol. The summed E-state index contributed by atoms with van der Waals surface area (Å²) in [5.41, 5.74) is 39.1. The largest absolute Gasteiger partial charge is 0.309 e. The number of nitrogens with zero attached hydrogens (tertiary/aromatic N) is 6. The first kappa shape index (κ1) is 93.9. The molecule has 0 fully saturated rings. The Labute approximate surface area is 830 Å². The van der Waals surface area contributed by atoms with E-state index in [0.29, 0.717) is 0 Å². The van der Waals surface area contributed by atoms with Gasteiger partial charge >= 0.3 is 0 Å². The third-order valence-electron chi connectivity index (χ3n) is 29.6. The number of aryl methyl sites for hydroxylation is 6. The summed E-state index contributed by atoms with van der Waals surface area (Å²) in [6.07, 6.45) is 4.45. The molecule has 16 aromatic carbocycles. The van der Waals surface area contributed by atoms with Crippen LogP contribution >= 0.6 is 0 Å². The molecule has 0 aliphatic carbocycles. The van der Waals surface area contributed by atoms with E-state index < -0.39 is 0 Å². The number of aromatic nitrogens is 6. The maximum Gasteiger partial charge on any atom is 0.0641 e. The number of fused-ring (bicyclic) bond motifs is 20. The van der Waals surface area contributed by atoms with E-state index in [-0.39, 0.29) is 43.3 Å². The molecule has 0 atom stereocenters. The van der Waals surface area contributed by atoms with Crippen molar-refractivity contribution in [2.24, 2.45) is 21.7 Å². The molecular formula is C134H140N6. The maximum atomic E-state index is 2.53. The average molecular weight is 1830 g/mol. The van der Waals surface area contributed by atoms with Crippen LogP contribution in [0.3, 0.4) is 0 Å². The van der Waals surface area contributed by atoms with Crippen LogP contribution in [0.15, 0.2) is 328 Å². The first-order valence-corrected chi connectivity index (χ1v) is 50.9. The average Bonchev–Trinajstić information content (AvgIpc) is 1.56. The van der Waals surface area contributed by atoms with E-state index >= 15 is 0 Å². The number of benzene rings is 16. The second-order valence-corrected chi connectivity index (χ2v) is 48.6. The Hall–Kier alpha value is -13.7. The molecule has 6 heterocycles. The Morgan fingerprint density at radius 3 is 0.957 bits per heavy atom. The highest BCUT2D eigenvalue weighted by Gasteiger charge is 2.36. The van der Waals surface area contributed by atoms with Crippen molar-refractivity contribution in [3.63, 3.8) is 0 Å². The number of hydrogen-bond donors (Lipinski definition) is 0. The third kappa shape index (κ3) is 17.4. The predicted octanol–water partition coefficient (Wildman–Crippen LogP) is 38.0. The molecule has 0 bridgehead atoms. The lowest BCUT2D eigenvalue weighted by Gasteiger charge is -2.35. The molecule has 140 heavy (non-hydrogen) atoms. The van der Waals surface area contributed by atoms with Crippen LogP contribution in [0.25, 0.3) is 176 Å². The maximum absolute atomic E-state index is 2.53. The van der Waals surface area contributed by atoms with E-state index in [1.807, 2.05) is 0 Å². The fraction of sp³-hybridized carbons (Fsp3) is 0.284. The van der Waals surface area contributed by atoms with Gasteiger partial charge in [-0.25, -0.2) is 0 Å². The lowest BCUT2D eigenvalue weighted by Crippen LogP contribution is -2.26. The van der Waals surface area contributed by atoms with Crippen LogP contribution in [0, 0.1) is 63.2 Å². The van der Waals surface area contributed by atoms with Gasteiger partial charge in [-0.05, 0) is 295 Å². The van der Waals surface area contributed by atoms with Gasteiger partial charge in [-0.3, -0.25) is 0 Å². The first-order valence-electron chi connectivity index (χ1n) is 50.9. The zero-order valence-electron chi connectivity index (χ0n) is 87.7. The van der Waals surface area contributed by atoms with E-state index in [1.165, 1.54) is 232 Å². The van der Waals surface area contributed by atoms with Crippen LogP contribution in [0.2, 0.25) is 0 Å². The normalized spacial score (nSPS) is 12.9. The van der Waals surface area contributed by atoms with E-state index in [9.17, 15) is 0 Å². The minimum absolute atomic E-state index is 0.00212. The fourth-order valence-electron chi connectivity index (χ4n) is 25.2. The Morgan fingerprint density at radius 2 is 0.521 bits per heavy atom. The van der Waals surface area contributed by atoms with Crippen LogP contribution in [-0.2, 0) is 21.7 Å². The highest BCUT2D eigenvalue weighted by molar-refractivity contribution is 6.28. The molecule has 706 valence electrons. The van der Waals surface area contributed by atoms with Crippen LogP contribution in [0.5, 0.6) is 0 Å². The minimum atomic E-state index is -0.00212. The molecule has 0 aliphatic heterocycles. The number of hydrogen-bond acceptors (Lipinski definition) is 0. The number of para-hydroxylation sites is 4. The van der Waals surface area contributed by atoms with E-state index in [4.69, 9.17) is 0 Å². The van der Waals surface area contributed by atoms with Gasteiger partial charge in [0, 0.05) is 98.8 Å². The Bertz CT molecular complexity index is 8450. The summed E-state index contributed by atoms with van der Waals surface area (Å²) < 4.78 is 14.9. The molecular weight excluding hydrogens is 1690 g/mol. The van der Waals surface area contributed by atoms with Crippen molar-refractivity contribution in [2.75, 3.05) is 0 Å². The van der Waals surface area contributed by atoms with Gasteiger partial charge < -0.3 is 27.4 Å². The smallest absolute Gasteiger partial charge is 0.0641 e. The summed E-state index contributed by atoms with van der Waals surface area (Å²) in [4.78, 5) is 0. The van der Waals surface area contributed by atoms with E-state index in [1.54, 1.807) is 0 Å². The van der Waals surface area contributed by atoms with Crippen molar-refractivity contribution in [1.29, 1.82) is 0 Å². The molecule has 0 amide bonds. The Balaban J connectivity index is 0.000000129. The molecule has 0 saturated heterocycles. The second kappa shape index (κ2) is 34.7. The molecule has 6 heteroatoms. The van der Waals surface area contributed by atoms with Gasteiger partial charge in [0.2, 0.25) is 0 Å². The minimum Gasteiger partial charge on any atom is -0.309 e. The monoisotopic (exact) mass is 1830 g/mol. The molecule has 0 N–H and O–H groups in total. The van der Waals surface area contributed by atoms with Crippen LogP contribution < -0.4 is 0 Å². The van der Waals surface area contributed by atoms with Gasteiger partial charge in [-0.2, -0.15) is 0 Å². The second-order valence-electron chi connectivity index (χ2n) is 48.6. The molecule has 0 spiro atoms. The van der Waals surface area contributed by atoms with Crippen molar-refractivity contribution >= 4 is 131 Å². The Kier molecular flexibility index (Phi) is 23.3. The van der Waals surface area contributed by atoms with Crippen molar-refractivity contribution in [1.82, 2.24) is 27.4 Å². The topological polar surface area (TPSA) is 29.6 Å². The lowest BCUT2D eigenvalue weighted by atomic mass is 9.71. The van der Waals surface area contributed by atoms with E-state index in [0.717, 1.165) is 25.7 Å². The molecule has 22 aromatic rings. The van der Waals surface area contributed by atoms with Gasteiger partial charge in [-0.15, -0.1) is 0 Å². The van der Waals surface area contributed by atoms with Gasteiger partial charge in [0.25, 0.3) is 0 Å². The number of rotatable bonds is 15. The molecule has 6 nitrogen and oxygen atoms in total. The van der Waals surface area contributed by atoms with E-state index in [2.05, 4.69) is 535 Å². The zero-order chi connectivity index (χ0) is 98.7. The zero-order valence-corrected chi connectivity index (χ0v) is 87.7. The van der Waals surface area contributed by atoms with Crippen molar-refractivity contribution in [2.45, 2.75) is 227 Å². The van der Waals surface area contributed by atoms with Gasteiger partial charge in [0.15, 0.2) is 0 Å². The van der Waals surface area contributed by atoms with Crippen molar-refractivity contribution in [3.8, 4) is 45.3 Å². The standard InChI is InChI=1S/C48H56N2.C46H44N2.C40H40N2/c1-31-13-19-35(20-14-31)49-41-23-17-33(47(9,10)29-45(3,4)5)25-37(41)39-28-44-40(27-43(39)49)38-26-34(48(11,12)30-46(6,7)8)18-24-42(38)50(44)36-21-15-32(2)16-22-36;1-30-14-12-16-35(26-30)48-40-20-10-8-18-37(40)38-22-23-42-43(44(38)48)39-19-9-11-21-41(39)47(42)36-17-13-15-32(28-36)33-24-31(2)25-34(27-33)46(6,7)29-45(3,4)5;1-26-13-12-14-28(23-26)41-33-17-10-8-15-29(33)30-20-22-36-37(38(30)41)31-16-9-11-18-34(31)42(36)35-21-19-27(2)24-32(35)40(6,7)25-39(3,4)5/h13-28H,29-30H2,1-12H3;8-28H,29H2,1-7H3;8-24H,25H2,1-7H3. The van der Waals surface area contributed by atoms with Gasteiger partial charge in [0.1, 0.15) is 0 Å². The highest BCUT2D eigenvalue weighted by atomic mass is 15.0. The quantitative estimate of drug-likeness (QED) is 0.0979. The summed E-state index contributed by atoms with van der Waals surface area (Å²) in [7, 11) is 0.